The second kappa shape index (κ2) is 13.7. The second-order valence-electron chi connectivity index (χ2n) is 15.0. The van der Waals surface area contributed by atoms with Crippen LogP contribution in [-0.2, 0) is 0 Å². The monoisotopic (exact) mass is 559 g/mol. The first-order chi connectivity index (χ1) is 17.0. The summed E-state index contributed by atoms with van der Waals surface area (Å²) in [4.78, 5) is 0. The van der Waals surface area contributed by atoms with E-state index in [9.17, 15) is 25.5 Å². The van der Waals surface area contributed by atoms with Crippen molar-refractivity contribution < 1.29 is 25.5 Å². The molecule has 0 radical (unpaired) electrons. The highest BCUT2D eigenvalue weighted by molar-refractivity contribution is 7.80. The van der Waals surface area contributed by atoms with Crippen molar-refractivity contribution >= 4 is 17.3 Å². The van der Waals surface area contributed by atoms with Gasteiger partial charge in [-0.2, -0.15) is 0 Å². The molecule has 0 saturated carbocycles. The van der Waals surface area contributed by atoms with Crippen molar-refractivity contribution in [3.05, 3.63) is 12.2 Å². The number of aliphatic hydroxyl groups excluding tert-OH is 5. The number of hydrogen-bond donors (Lipinski definition) is 8. The normalized spacial score (nSPS) is 25.9. The van der Waals surface area contributed by atoms with E-state index in [1.165, 1.54) is 6.08 Å². The molecule has 7 atom stereocenters. The van der Waals surface area contributed by atoms with Crippen molar-refractivity contribution in [3.8, 4) is 0 Å². The van der Waals surface area contributed by atoms with Crippen LogP contribution in [-0.4, -0.2) is 85.3 Å². The second-order valence-corrected chi connectivity index (χ2v) is 15.4. The summed E-state index contributed by atoms with van der Waals surface area (Å²) in [5.41, 5.74) is -0.591. The Hall–Kier alpha value is -0.810. The predicted molar refractivity (Wildman–Crippen MR) is 159 cm³/mol. The van der Waals surface area contributed by atoms with E-state index >= 15 is 0 Å². The van der Waals surface area contributed by atoms with Crippen LogP contribution in [0.2, 0.25) is 0 Å². The summed E-state index contributed by atoms with van der Waals surface area (Å²) in [6.45, 7) is 21.3. The summed E-state index contributed by atoms with van der Waals surface area (Å²) in [6, 6.07) is -1.11. The number of aliphatic hydroxyl groups is 5. The van der Waals surface area contributed by atoms with Crippen molar-refractivity contribution in [1.29, 1.82) is 0 Å². The first-order valence-corrected chi connectivity index (χ1v) is 14.3. The molecule has 1 aliphatic carbocycles. The zero-order valence-electron chi connectivity index (χ0n) is 25.4. The Bertz CT molecular complexity index is 775. The van der Waals surface area contributed by atoms with Crippen LogP contribution in [0, 0.1) is 16.2 Å². The molecule has 8 nitrogen and oxygen atoms in total. The Morgan fingerprint density at radius 1 is 0.895 bits per heavy atom. The lowest BCUT2D eigenvalue weighted by molar-refractivity contribution is -0.0537. The average molecular weight is 560 g/mol. The van der Waals surface area contributed by atoms with E-state index in [0.717, 1.165) is 12.8 Å². The Balaban J connectivity index is 3.03. The highest BCUT2D eigenvalue weighted by Gasteiger charge is 2.37. The molecule has 0 aromatic rings. The van der Waals surface area contributed by atoms with E-state index in [-0.39, 0.29) is 29.3 Å². The van der Waals surface area contributed by atoms with Gasteiger partial charge in [0.15, 0.2) is 5.11 Å². The zero-order valence-corrected chi connectivity index (χ0v) is 26.2. The van der Waals surface area contributed by atoms with Gasteiger partial charge in [0.05, 0.1) is 24.4 Å². The van der Waals surface area contributed by atoms with Crippen LogP contribution in [0.25, 0.3) is 0 Å². The third kappa shape index (κ3) is 12.6. The van der Waals surface area contributed by atoms with Crippen LogP contribution in [0.4, 0.5) is 0 Å². The Morgan fingerprint density at radius 2 is 1.45 bits per heavy atom. The fourth-order valence-corrected chi connectivity index (χ4v) is 6.33. The van der Waals surface area contributed by atoms with E-state index < -0.39 is 48.0 Å². The third-order valence-corrected chi connectivity index (χ3v) is 7.21. The Kier molecular flexibility index (Phi) is 12.7. The minimum Gasteiger partial charge on any atom is -0.392 e. The molecule has 7 unspecified atom stereocenters. The van der Waals surface area contributed by atoms with Crippen LogP contribution in [0.3, 0.4) is 0 Å². The summed E-state index contributed by atoms with van der Waals surface area (Å²) in [6.07, 6.45) is 0.0575. The van der Waals surface area contributed by atoms with Crippen molar-refractivity contribution in [2.24, 2.45) is 16.2 Å². The number of rotatable bonds is 11. The molecule has 0 saturated heterocycles. The van der Waals surface area contributed by atoms with E-state index in [1.54, 1.807) is 6.08 Å². The molecule has 0 fully saturated rings. The van der Waals surface area contributed by atoms with E-state index in [1.807, 2.05) is 13.8 Å². The molecule has 8 N–H and O–H groups in total. The molecular weight excluding hydrogens is 502 g/mol. The summed E-state index contributed by atoms with van der Waals surface area (Å²) < 4.78 is 0. The maximum absolute atomic E-state index is 11.3. The molecule has 1 rings (SSSR count). The summed E-state index contributed by atoms with van der Waals surface area (Å²) in [5, 5.41) is 63.4. The van der Waals surface area contributed by atoms with Crippen molar-refractivity contribution in [3.63, 3.8) is 0 Å². The molecule has 0 spiro atoms. The fourth-order valence-electron chi connectivity index (χ4n) is 5.90. The topological polar surface area (TPSA) is 137 Å². The number of hydrogen-bond acceptors (Lipinski definition) is 7. The van der Waals surface area contributed by atoms with Gasteiger partial charge in [0.2, 0.25) is 0 Å². The first kappa shape index (κ1) is 35.2. The molecule has 0 heterocycles. The van der Waals surface area contributed by atoms with Gasteiger partial charge < -0.3 is 41.5 Å². The predicted octanol–water partition coefficient (Wildman–Crippen LogP) is 2.61. The van der Waals surface area contributed by atoms with Gasteiger partial charge in [0, 0.05) is 24.5 Å². The largest absolute Gasteiger partial charge is 0.392 e. The van der Waals surface area contributed by atoms with E-state index in [4.69, 9.17) is 12.2 Å². The van der Waals surface area contributed by atoms with Gasteiger partial charge in [0.25, 0.3) is 0 Å². The van der Waals surface area contributed by atoms with Gasteiger partial charge in [-0.05, 0) is 61.6 Å². The van der Waals surface area contributed by atoms with Crippen LogP contribution in [0.15, 0.2) is 12.2 Å². The molecule has 0 amide bonds. The SMILES string of the molecule is CC(C)(C)CC(C)(C)NC(=S)NC(CNC1CC=CC(O)C(O)C1O)C(O)CC(O)C(C)(C)CC(C)(C)C. The van der Waals surface area contributed by atoms with E-state index in [0.29, 0.717) is 11.5 Å². The quantitative estimate of drug-likeness (QED) is 0.142. The lowest BCUT2D eigenvalue weighted by Gasteiger charge is -2.39. The van der Waals surface area contributed by atoms with Crippen molar-refractivity contribution in [2.45, 2.75) is 143 Å². The summed E-state index contributed by atoms with van der Waals surface area (Å²) in [5.74, 6) is 0. The molecule has 9 heteroatoms. The van der Waals surface area contributed by atoms with Gasteiger partial charge in [-0.15, -0.1) is 0 Å². The minimum atomic E-state index is -1.32. The molecule has 224 valence electrons. The zero-order chi connectivity index (χ0) is 29.7. The molecule has 0 aromatic heterocycles. The lowest BCUT2D eigenvalue weighted by atomic mass is 9.71. The standard InChI is InChI=1S/C29H57N3O5S/c1-26(2,3)16-28(7,8)22(35)14-21(34)19(31-25(38)32-29(9,10)17-27(4,5)6)15-30-18-12-11-13-20(33)24(37)23(18)36/h11,13,18-24,30,33-37H,12,14-17H2,1-10H3,(H2,31,32,38). The Morgan fingerprint density at radius 3 is 1.97 bits per heavy atom. The number of nitrogens with one attached hydrogen (secondary N) is 3. The molecule has 0 bridgehead atoms. The van der Waals surface area contributed by atoms with Crippen molar-refractivity contribution in [1.82, 2.24) is 16.0 Å². The van der Waals surface area contributed by atoms with Crippen LogP contribution >= 0.6 is 12.2 Å². The van der Waals surface area contributed by atoms with Gasteiger partial charge in [-0.1, -0.05) is 67.5 Å². The first-order valence-electron chi connectivity index (χ1n) is 13.9. The molecule has 38 heavy (non-hydrogen) atoms. The van der Waals surface area contributed by atoms with Crippen molar-refractivity contribution in [2.75, 3.05) is 6.54 Å². The molecule has 1 aliphatic rings. The van der Waals surface area contributed by atoms with Gasteiger partial charge in [-0.3, -0.25) is 0 Å². The summed E-state index contributed by atoms with van der Waals surface area (Å²) in [7, 11) is 0. The summed E-state index contributed by atoms with van der Waals surface area (Å²) >= 11 is 5.64. The smallest absolute Gasteiger partial charge is 0.167 e. The number of thiocarbonyl (C=S) groups is 1. The lowest BCUT2D eigenvalue weighted by Crippen LogP contribution is -2.59. The fraction of sp³-hybridized carbons (Fsp3) is 0.897. The average Bonchev–Trinajstić information content (AvgIpc) is 2.80. The molecular formula is C29H57N3O5S. The van der Waals surface area contributed by atoms with Crippen LogP contribution < -0.4 is 16.0 Å². The Labute approximate surface area is 236 Å². The highest BCUT2D eigenvalue weighted by Crippen LogP contribution is 2.37. The van der Waals surface area contributed by atoms with Gasteiger partial charge in [0.1, 0.15) is 12.2 Å². The maximum Gasteiger partial charge on any atom is 0.167 e. The van der Waals surface area contributed by atoms with Gasteiger partial charge >= 0.3 is 0 Å². The van der Waals surface area contributed by atoms with Gasteiger partial charge in [-0.25, -0.2) is 0 Å². The minimum absolute atomic E-state index is 0.0211. The molecule has 0 aromatic carbocycles. The van der Waals surface area contributed by atoms with Crippen LogP contribution in [0.1, 0.15) is 94.9 Å². The molecule has 0 aliphatic heterocycles. The highest BCUT2D eigenvalue weighted by atomic mass is 32.1. The van der Waals surface area contributed by atoms with Crippen LogP contribution in [0.5, 0.6) is 0 Å². The van der Waals surface area contributed by atoms with E-state index in [2.05, 4.69) is 71.3 Å². The third-order valence-electron chi connectivity index (χ3n) is 6.99. The maximum atomic E-state index is 11.3.